The summed E-state index contributed by atoms with van der Waals surface area (Å²) in [4.78, 5) is 0. The Labute approximate surface area is 54.6 Å². The third-order valence-electron chi connectivity index (χ3n) is 0.281. The number of rotatable bonds is 1. The maximum Gasteiger partial charge on any atom is 0.197 e. The molecule has 3 radical (unpaired) electrons. The molecule has 0 atom stereocenters. The van der Waals surface area contributed by atoms with Crippen molar-refractivity contribution in [3.05, 3.63) is 0 Å². The minimum Gasteiger partial charge on any atom is -0.159 e. The van der Waals surface area contributed by atoms with Crippen molar-refractivity contribution < 1.29 is 0 Å². The summed E-state index contributed by atoms with van der Waals surface area (Å²) >= 11 is 2.14. The third-order valence-corrected chi connectivity index (χ3v) is 1.89. The van der Waals surface area contributed by atoms with Gasteiger partial charge in [0.2, 0.25) is 0 Å². The van der Waals surface area contributed by atoms with Gasteiger partial charge in [-0.25, -0.2) is 0 Å². The zero-order valence-electron chi connectivity index (χ0n) is 4.03. The highest BCUT2D eigenvalue weighted by atomic mass is 127. The predicted molar refractivity (Wildman–Crippen MR) is 39.6 cm³/mol. The van der Waals surface area contributed by atoms with Gasteiger partial charge < -0.3 is 0 Å². The number of hydrogen-bond donors (Lipinski definition) is 0. The lowest BCUT2D eigenvalue weighted by molar-refractivity contribution is 0.969. The normalized spacial score (nSPS) is 11.2. The zero-order chi connectivity index (χ0) is 5.21. The first kappa shape index (κ1) is 6.86. The van der Waals surface area contributed by atoms with Crippen LogP contribution in [0.3, 0.4) is 0 Å². The predicted octanol–water partition coefficient (Wildman–Crippen LogP) is 1.37. The van der Waals surface area contributed by atoms with Crippen LogP contribution in [0.5, 0.6) is 0 Å². The highest BCUT2D eigenvalue weighted by Gasteiger charge is 2.06. The summed E-state index contributed by atoms with van der Waals surface area (Å²) in [6, 6.07) is 0. The van der Waals surface area contributed by atoms with Gasteiger partial charge in [-0.05, 0) is 0 Å². The molecule has 0 aromatic carbocycles. The first-order valence-electron chi connectivity index (χ1n) is 1.80. The van der Waals surface area contributed by atoms with Gasteiger partial charge in [-0.3, -0.25) is 0 Å². The quantitative estimate of drug-likeness (QED) is 0.433. The minimum atomic E-state index is -0.0967. The van der Waals surface area contributed by atoms with Crippen LogP contribution < -0.4 is 0 Å². The summed E-state index contributed by atoms with van der Waals surface area (Å²) in [6.07, 6.45) is 0. The summed E-state index contributed by atoms with van der Waals surface area (Å²) in [5.41, 5.74) is 0. The lowest BCUT2D eigenvalue weighted by Crippen LogP contribution is -2.05. The summed E-state index contributed by atoms with van der Waals surface area (Å²) in [6.45, 7) is 3.92. The van der Waals surface area contributed by atoms with Crippen LogP contribution in [0.15, 0.2) is 0 Å². The van der Waals surface area contributed by atoms with Gasteiger partial charge in [0.15, 0.2) is 5.14 Å². The van der Waals surface area contributed by atoms with Gasteiger partial charge in [-0.1, -0.05) is 19.1 Å². The molecule has 0 aromatic heterocycles. The van der Waals surface area contributed by atoms with Crippen LogP contribution in [0.2, 0.25) is 5.21 Å². The van der Waals surface area contributed by atoms with E-state index < -0.39 is 0 Å². The smallest absolute Gasteiger partial charge is 0.159 e. The van der Waals surface area contributed by atoms with E-state index in [0.717, 1.165) is 0 Å². The van der Waals surface area contributed by atoms with E-state index in [1.807, 2.05) is 19.0 Å². The highest BCUT2D eigenvalue weighted by Crippen LogP contribution is 2.17. The molecule has 0 aliphatic heterocycles. The van der Waals surface area contributed by atoms with Crippen LogP contribution in [-0.2, 0) is 0 Å². The Morgan fingerprint density at radius 3 is 1.83 bits per heavy atom. The number of halogens is 1. The second-order valence-corrected chi connectivity index (χ2v) is 2.55. The fourth-order valence-electron chi connectivity index (χ4n) is 0. The fourth-order valence-corrected chi connectivity index (χ4v) is 0. The molecule has 0 unspecified atom stereocenters. The second-order valence-electron chi connectivity index (χ2n) is 1.93. The van der Waals surface area contributed by atoms with E-state index in [1.165, 1.54) is 0 Å². The van der Waals surface area contributed by atoms with E-state index >= 15 is 0 Å². The van der Waals surface area contributed by atoms with Crippen LogP contribution in [-0.4, -0.2) is 13.0 Å². The Morgan fingerprint density at radius 1 is 1.67 bits per heavy atom. The van der Waals surface area contributed by atoms with Gasteiger partial charge >= 0.3 is 0 Å². The first-order valence-corrected chi connectivity index (χ1v) is 3.04. The van der Waals surface area contributed by atoms with E-state index in [0.29, 0.717) is 0 Å². The van der Waals surface area contributed by atoms with Crippen LogP contribution in [0, 0.1) is 0 Å². The van der Waals surface area contributed by atoms with Gasteiger partial charge in [-0.15, -0.1) is 0 Å². The summed E-state index contributed by atoms with van der Waals surface area (Å²) in [5, 5.41) is 1.84. The molecule has 0 nitrogen and oxygen atoms in total. The third kappa shape index (κ3) is 4.86. The summed E-state index contributed by atoms with van der Waals surface area (Å²) in [5.74, 6) is 0. The van der Waals surface area contributed by atoms with E-state index in [2.05, 4.69) is 22.4 Å². The molecule has 0 aromatic rings. The van der Waals surface area contributed by atoms with E-state index in [-0.39, 0.29) is 5.21 Å². The van der Waals surface area contributed by atoms with E-state index in [4.69, 9.17) is 7.85 Å². The molecule has 0 amide bonds. The second kappa shape index (κ2) is 2.24. The van der Waals surface area contributed by atoms with Gasteiger partial charge in [0.25, 0.3) is 0 Å². The average molecular weight is 191 g/mol. The first-order chi connectivity index (χ1) is 2.56. The average Bonchev–Trinajstić information content (AvgIpc) is 1.35. The Balaban J connectivity index is 3.17. The largest absolute Gasteiger partial charge is 0.197 e. The van der Waals surface area contributed by atoms with Gasteiger partial charge in [0.05, 0.1) is 7.85 Å². The number of hydrogen-bond acceptors (Lipinski definition) is 0. The molecule has 0 saturated carbocycles. The molecule has 0 heterocycles. The van der Waals surface area contributed by atoms with Crippen molar-refractivity contribution in [1.29, 1.82) is 0 Å². The molecule has 0 saturated heterocycles. The van der Waals surface area contributed by atoms with Crippen LogP contribution in [0.4, 0.5) is 0 Å². The van der Waals surface area contributed by atoms with Crippen molar-refractivity contribution in [2.24, 2.45) is 0 Å². The van der Waals surface area contributed by atoms with E-state index in [9.17, 15) is 0 Å². The molecule has 6 heavy (non-hydrogen) atoms. The molecule has 31 valence electrons. The summed E-state index contributed by atoms with van der Waals surface area (Å²) < 4.78 is 0. The lowest BCUT2D eigenvalue weighted by Gasteiger charge is -2.10. The fraction of sp³-hybridized carbons (Fsp3) is 1.00. The van der Waals surface area contributed by atoms with Crippen molar-refractivity contribution in [2.75, 3.05) is 0 Å². The van der Waals surface area contributed by atoms with Crippen LogP contribution in [0.1, 0.15) is 13.8 Å². The van der Waals surface area contributed by atoms with Crippen LogP contribution in [0.25, 0.3) is 0 Å². The van der Waals surface area contributed by atoms with Crippen molar-refractivity contribution in [3.63, 3.8) is 0 Å². The molecule has 3 heteroatoms. The summed E-state index contributed by atoms with van der Waals surface area (Å²) in [7, 11) is 5.47. The Kier molecular flexibility index (Phi) is 2.56. The van der Waals surface area contributed by atoms with Crippen molar-refractivity contribution in [1.82, 2.24) is 0 Å². The monoisotopic (exact) mass is 191 g/mol. The maximum atomic E-state index is 5.47. The molecular weight excluding hydrogens is 185 g/mol. The molecule has 0 N–H and O–H groups in total. The Morgan fingerprint density at radius 2 is 1.83 bits per heavy atom. The highest BCUT2D eigenvalue weighted by molar-refractivity contribution is 14.1. The maximum absolute atomic E-state index is 5.47. The Bertz CT molecular complexity index is 38.5. The van der Waals surface area contributed by atoms with Crippen molar-refractivity contribution in [2.45, 2.75) is 19.1 Å². The van der Waals surface area contributed by atoms with Gasteiger partial charge in [0.1, 0.15) is 0 Å². The molecule has 0 rings (SSSR count). The molecule has 0 fully saturated rings. The molecule has 0 spiro atoms. The Hall–Kier alpha value is 0.860. The molecule has 0 aliphatic carbocycles. The molecule has 0 bridgehead atoms. The lowest BCUT2D eigenvalue weighted by atomic mass is 9.57. The zero-order valence-corrected chi connectivity index (χ0v) is 6.19. The van der Waals surface area contributed by atoms with Crippen molar-refractivity contribution in [3.8, 4) is 0 Å². The topological polar surface area (TPSA) is 0 Å². The minimum absolute atomic E-state index is 0.0967. The molecule has 0 aliphatic rings. The van der Waals surface area contributed by atoms with Gasteiger partial charge in [0, 0.05) is 0 Å². The molecular formula is C3H6B2I. The van der Waals surface area contributed by atoms with E-state index in [1.54, 1.807) is 0 Å². The standard InChI is InChI=1S/C3H6B2I/c1-3(2,4)5-6/h1-2H3. The van der Waals surface area contributed by atoms with Gasteiger partial charge in [-0.2, -0.15) is 22.4 Å². The van der Waals surface area contributed by atoms with Crippen LogP contribution >= 0.6 is 22.4 Å². The SMILES string of the molecule is [B]C(C)(C)[B]I. The van der Waals surface area contributed by atoms with Crippen molar-refractivity contribution >= 4 is 35.4 Å².